The molecule has 0 aromatic carbocycles. The van der Waals surface area contributed by atoms with Gasteiger partial charge in [0.25, 0.3) is 10.1 Å². The Morgan fingerprint density at radius 2 is 2.08 bits per heavy atom. The van der Waals surface area contributed by atoms with E-state index in [1.165, 1.54) is 0 Å². The molecule has 1 atom stereocenters. The average Bonchev–Trinajstić information content (AvgIpc) is 1.95. The van der Waals surface area contributed by atoms with Crippen LogP contribution in [-0.4, -0.2) is 36.6 Å². The van der Waals surface area contributed by atoms with Crippen LogP contribution in [0.15, 0.2) is 0 Å². The summed E-state index contributed by atoms with van der Waals surface area (Å²) in [5, 5.41) is 10.1. The maximum absolute atomic E-state index is 10.6. The number of hydrogen-bond donors (Lipinski definition) is 3. The molecule has 0 amide bonds. The maximum Gasteiger partial charge on any atom is 0.281 e. The van der Waals surface area contributed by atoms with Gasteiger partial charge in [-0.25, -0.2) is 0 Å². The average molecular weight is 197 g/mol. The molecule has 0 bridgehead atoms. The van der Waals surface area contributed by atoms with E-state index in [4.69, 9.17) is 9.66 Å². The van der Waals surface area contributed by atoms with Crippen LogP contribution in [0.25, 0.3) is 0 Å². The third-order valence-electron chi connectivity index (χ3n) is 1.44. The van der Waals surface area contributed by atoms with E-state index in [0.29, 0.717) is 19.4 Å². The van der Waals surface area contributed by atoms with Gasteiger partial charge in [-0.05, 0) is 19.4 Å². The lowest BCUT2D eigenvalue weighted by Gasteiger charge is -2.12. The fourth-order valence-electron chi connectivity index (χ4n) is 0.802. The monoisotopic (exact) mass is 197 g/mol. The maximum atomic E-state index is 10.6. The lowest BCUT2D eigenvalue weighted by molar-refractivity contribution is 0.284. The number of aliphatic hydroxyl groups is 1. The van der Waals surface area contributed by atoms with Crippen LogP contribution < -0.4 is 5.32 Å². The molecule has 0 saturated carbocycles. The van der Waals surface area contributed by atoms with Crippen molar-refractivity contribution >= 4 is 10.1 Å². The van der Waals surface area contributed by atoms with Crippen LogP contribution >= 0.6 is 0 Å². The smallest absolute Gasteiger partial charge is 0.281 e. The summed E-state index contributed by atoms with van der Waals surface area (Å²) in [6.45, 7) is 2.05. The number of aliphatic hydroxyl groups excluding tert-OH is 1. The summed E-state index contributed by atoms with van der Waals surface area (Å²) in [6.07, 6.45) is 0.788. The van der Waals surface area contributed by atoms with Gasteiger partial charge in [-0.1, -0.05) is 6.92 Å². The van der Waals surface area contributed by atoms with Crippen LogP contribution in [0.5, 0.6) is 0 Å². The van der Waals surface area contributed by atoms with Crippen molar-refractivity contribution in [2.24, 2.45) is 0 Å². The Labute approximate surface area is 72.5 Å². The van der Waals surface area contributed by atoms with Crippen molar-refractivity contribution in [3.8, 4) is 0 Å². The Bertz CT molecular complexity index is 202. The summed E-state index contributed by atoms with van der Waals surface area (Å²) in [5.74, 6) is 0. The van der Waals surface area contributed by atoms with Crippen molar-refractivity contribution in [2.45, 2.75) is 25.1 Å². The van der Waals surface area contributed by atoms with E-state index in [-0.39, 0.29) is 6.61 Å². The lowest BCUT2D eigenvalue weighted by atomic mass is 10.4. The Morgan fingerprint density at radius 3 is 2.42 bits per heavy atom. The number of nitrogens with one attached hydrogen (secondary N) is 1. The van der Waals surface area contributed by atoms with Crippen molar-refractivity contribution in [2.75, 3.05) is 13.2 Å². The van der Waals surface area contributed by atoms with Crippen LogP contribution in [0, 0.1) is 0 Å². The molecule has 0 heterocycles. The molecule has 0 aromatic rings. The molecule has 5 nitrogen and oxygen atoms in total. The zero-order valence-electron chi connectivity index (χ0n) is 7.02. The van der Waals surface area contributed by atoms with E-state index in [1.807, 2.05) is 0 Å². The molecule has 0 spiro atoms. The van der Waals surface area contributed by atoms with Gasteiger partial charge in [0, 0.05) is 6.61 Å². The highest BCUT2D eigenvalue weighted by molar-refractivity contribution is 7.86. The van der Waals surface area contributed by atoms with Gasteiger partial charge < -0.3 is 5.11 Å². The minimum atomic E-state index is -3.99. The summed E-state index contributed by atoms with van der Waals surface area (Å²) in [5.41, 5.74) is 0. The van der Waals surface area contributed by atoms with Crippen molar-refractivity contribution in [3.63, 3.8) is 0 Å². The predicted molar refractivity (Wildman–Crippen MR) is 45.3 cm³/mol. The van der Waals surface area contributed by atoms with E-state index in [2.05, 4.69) is 5.32 Å². The zero-order valence-corrected chi connectivity index (χ0v) is 7.84. The molecule has 0 aromatic heterocycles. The molecule has 0 fully saturated rings. The minimum Gasteiger partial charge on any atom is -0.396 e. The highest BCUT2D eigenvalue weighted by atomic mass is 32.2. The first-order chi connectivity index (χ1) is 5.52. The second-order valence-electron chi connectivity index (χ2n) is 2.44. The fourth-order valence-corrected chi connectivity index (χ4v) is 1.55. The zero-order chi connectivity index (χ0) is 9.61. The van der Waals surface area contributed by atoms with Gasteiger partial charge >= 0.3 is 0 Å². The Balaban J connectivity index is 3.85. The molecule has 6 heteroatoms. The van der Waals surface area contributed by atoms with Crippen LogP contribution in [0.1, 0.15) is 19.8 Å². The van der Waals surface area contributed by atoms with E-state index in [9.17, 15) is 8.42 Å². The molecule has 1 unspecified atom stereocenters. The highest BCUT2D eigenvalue weighted by Crippen LogP contribution is 1.98. The van der Waals surface area contributed by atoms with Gasteiger partial charge in [0.15, 0.2) is 0 Å². The van der Waals surface area contributed by atoms with Gasteiger partial charge in [0.2, 0.25) is 0 Å². The van der Waals surface area contributed by atoms with Crippen molar-refractivity contribution < 1.29 is 18.1 Å². The van der Waals surface area contributed by atoms with E-state index >= 15 is 0 Å². The molecule has 0 saturated heterocycles. The molecule has 12 heavy (non-hydrogen) atoms. The SMILES string of the molecule is CCC(NCCCO)S(=O)(=O)O. The molecular formula is C6H15NO4S. The first kappa shape index (κ1) is 11.8. The molecule has 3 N–H and O–H groups in total. The largest absolute Gasteiger partial charge is 0.396 e. The first-order valence-electron chi connectivity index (χ1n) is 3.83. The second kappa shape index (κ2) is 5.47. The third-order valence-corrected chi connectivity index (χ3v) is 2.66. The van der Waals surface area contributed by atoms with Gasteiger partial charge in [0.05, 0.1) is 0 Å². The van der Waals surface area contributed by atoms with E-state index in [0.717, 1.165) is 0 Å². The number of rotatable bonds is 6. The van der Waals surface area contributed by atoms with E-state index in [1.54, 1.807) is 6.92 Å². The van der Waals surface area contributed by atoms with E-state index < -0.39 is 15.5 Å². The predicted octanol–water partition coefficient (Wildman–Crippen LogP) is -0.418. The van der Waals surface area contributed by atoms with Crippen molar-refractivity contribution in [1.29, 1.82) is 0 Å². The summed E-state index contributed by atoms with van der Waals surface area (Å²) >= 11 is 0. The molecule has 0 rings (SSSR count). The van der Waals surface area contributed by atoms with Crippen LogP contribution in [0.4, 0.5) is 0 Å². The third kappa shape index (κ3) is 4.66. The van der Waals surface area contributed by atoms with Crippen molar-refractivity contribution in [1.82, 2.24) is 5.32 Å². The highest BCUT2D eigenvalue weighted by Gasteiger charge is 2.18. The summed E-state index contributed by atoms with van der Waals surface area (Å²) < 4.78 is 29.8. The topological polar surface area (TPSA) is 86.6 Å². The summed E-state index contributed by atoms with van der Waals surface area (Å²) in [7, 11) is -3.99. The Kier molecular flexibility index (Phi) is 5.39. The molecule has 0 aliphatic carbocycles. The minimum absolute atomic E-state index is 0.00884. The van der Waals surface area contributed by atoms with Crippen molar-refractivity contribution in [3.05, 3.63) is 0 Å². The molecule has 0 radical (unpaired) electrons. The quantitative estimate of drug-likeness (QED) is 0.398. The molecular weight excluding hydrogens is 182 g/mol. The van der Waals surface area contributed by atoms with Gasteiger partial charge in [-0.2, -0.15) is 8.42 Å². The first-order valence-corrected chi connectivity index (χ1v) is 5.33. The molecule has 0 aliphatic heterocycles. The molecule has 74 valence electrons. The normalized spacial score (nSPS) is 14.6. The Morgan fingerprint density at radius 1 is 1.50 bits per heavy atom. The number of hydrogen-bond acceptors (Lipinski definition) is 4. The van der Waals surface area contributed by atoms with Crippen LogP contribution in [-0.2, 0) is 10.1 Å². The van der Waals surface area contributed by atoms with Gasteiger partial charge in [0.1, 0.15) is 5.37 Å². The van der Waals surface area contributed by atoms with Gasteiger partial charge in [-0.3, -0.25) is 9.87 Å². The lowest BCUT2D eigenvalue weighted by Crippen LogP contribution is -2.36. The standard InChI is InChI=1S/C6H15NO4S/c1-2-6(12(9,10)11)7-4-3-5-8/h6-8H,2-5H2,1H3,(H,9,10,11). The second-order valence-corrected chi connectivity index (χ2v) is 4.04. The van der Waals surface area contributed by atoms with Crippen LogP contribution in [0.3, 0.4) is 0 Å². The Hall–Kier alpha value is -0.170. The fraction of sp³-hybridized carbons (Fsp3) is 1.00. The summed E-state index contributed by atoms with van der Waals surface area (Å²) in [4.78, 5) is 0. The molecule has 0 aliphatic rings. The van der Waals surface area contributed by atoms with Gasteiger partial charge in [-0.15, -0.1) is 0 Å². The van der Waals surface area contributed by atoms with Crippen LogP contribution in [0.2, 0.25) is 0 Å². The summed E-state index contributed by atoms with van der Waals surface area (Å²) in [6, 6.07) is 0.